The highest BCUT2D eigenvalue weighted by Crippen LogP contribution is 2.13. The molecule has 2 rings (SSSR count). The first kappa shape index (κ1) is 19.4. The summed E-state index contributed by atoms with van der Waals surface area (Å²) in [4.78, 5) is 29.0. The van der Waals surface area contributed by atoms with Crippen LogP contribution < -0.4 is 5.32 Å². The van der Waals surface area contributed by atoms with E-state index in [4.69, 9.17) is 0 Å². The zero-order valence-corrected chi connectivity index (χ0v) is 14.0. The number of aromatic nitrogens is 3. The number of hydrogen-bond acceptors (Lipinski definition) is 4. The molecule has 2 aromatic rings. The maximum absolute atomic E-state index is 12.1. The van der Waals surface area contributed by atoms with Gasteiger partial charge in [-0.1, -0.05) is 12.1 Å². The fourth-order valence-electron chi connectivity index (χ4n) is 2.16. The van der Waals surface area contributed by atoms with Gasteiger partial charge in [-0.05, 0) is 17.7 Å². The Balaban J connectivity index is 1.83. The van der Waals surface area contributed by atoms with E-state index in [1.165, 1.54) is 29.7 Å². The first-order valence-electron chi connectivity index (χ1n) is 7.75. The molecule has 0 spiro atoms. The van der Waals surface area contributed by atoms with Crippen molar-refractivity contribution in [3.63, 3.8) is 0 Å². The highest BCUT2D eigenvalue weighted by Gasteiger charge is 2.27. The van der Waals surface area contributed by atoms with Crippen molar-refractivity contribution in [2.24, 2.45) is 0 Å². The van der Waals surface area contributed by atoms with Crippen molar-refractivity contribution in [1.29, 1.82) is 0 Å². The van der Waals surface area contributed by atoms with Crippen LogP contribution in [0.25, 0.3) is 0 Å². The Hall–Kier alpha value is -2.91. The van der Waals surface area contributed by atoms with Gasteiger partial charge in [0.2, 0.25) is 5.91 Å². The van der Waals surface area contributed by atoms with E-state index in [2.05, 4.69) is 10.1 Å². The number of halogens is 3. The first-order valence-corrected chi connectivity index (χ1v) is 7.75. The molecule has 10 heteroatoms. The zero-order chi connectivity index (χ0) is 19.2. The molecule has 1 aromatic heterocycles. The number of aryl methyl sites for hydroxylation is 1. The number of benzene rings is 1. The molecular formula is C16H18F3N5O2. The molecule has 0 unspecified atom stereocenters. The molecule has 26 heavy (non-hydrogen) atoms. The van der Waals surface area contributed by atoms with Gasteiger partial charge in [0.05, 0.1) is 6.54 Å². The molecule has 0 atom stereocenters. The summed E-state index contributed by atoms with van der Waals surface area (Å²) in [5.74, 6) is -0.890. The van der Waals surface area contributed by atoms with Gasteiger partial charge in [0.15, 0.2) is 0 Å². The summed E-state index contributed by atoms with van der Waals surface area (Å²) in [6, 6.07) is 6.05. The fourth-order valence-corrected chi connectivity index (χ4v) is 2.16. The lowest BCUT2D eigenvalue weighted by molar-refractivity contribution is -0.130. The van der Waals surface area contributed by atoms with E-state index >= 15 is 0 Å². The standard InChI is InChI=1S/C16H18F3N5O2/c1-23(14(25)6-7-24-11-20-10-22-24)8-12-2-4-13(5-3-12)15(26)21-9-16(17,18)19/h2-5,10-11H,6-9H2,1H3,(H,21,26). The molecule has 1 N–H and O–H groups in total. The van der Waals surface area contributed by atoms with Gasteiger partial charge in [0.1, 0.15) is 19.2 Å². The van der Waals surface area contributed by atoms with E-state index < -0.39 is 18.6 Å². The Kier molecular flexibility index (Phi) is 6.31. The molecule has 0 fully saturated rings. The van der Waals surface area contributed by atoms with Crippen molar-refractivity contribution in [3.05, 3.63) is 48.0 Å². The molecule has 0 aliphatic heterocycles. The van der Waals surface area contributed by atoms with E-state index in [-0.39, 0.29) is 17.9 Å². The van der Waals surface area contributed by atoms with Crippen molar-refractivity contribution in [1.82, 2.24) is 25.0 Å². The second-order valence-corrected chi connectivity index (χ2v) is 5.65. The van der Waals surface area contributed by atoms with Gasteiger partial charge in [-0.25, -0.2) is 4.98 Å². The Morgan fingerprint density at radius 3 is 2.50 bits per heavy atom. The Labute approximate surface area is 147 Å². The summed E-state index contributed by atoms with van der Waals surface area (Å²) in [5, 5.41) is 5.72. The fraction of sp³-hybridized carbons (Fsp3) is 0.375. The molecule has 1 heterocycles. The number of hydrogen-bond donors (Lipinski definition) is 1. The number of carbonyl (C=O) groups is 2. The average molecular weight is 369 g/mol. The lowest BCUT2D eigenvalue weighted by Crippen LogP contribution is -2.33. The quantitative estimate of drug-likeness (QED) is 0.804. The molecule has 0 saturated heterocycles. The van der Waals surface area contributed by atoms with Gasteiger partial charge in [-0.15, -0.1) is 0 Å². The van der Waals surface area contributed by atoms with Crippen LogP contribution in [0.4, 0.5) is 13.2 Å². The van der Waals surface area contributed by atoms with Crippen molar-refractivity contribution < 1.29 is 22.8 Å². The third-order valence-electron chi connectivity index (χ3n) is 3.53. The summed E-state index contributed by atoms with van der Waals surface area (Å²) in [6.07, 6.45) is -1.28. The van der Waals surface area contributed by atoms with Crippen molar-refractivity contribution >= 4 is 11.8 Å². The Morgan fingerprint density at radius 1 is 1.23 bits per heavy atom. The van der Waals surface area contributed by atoms with Crippen LogP contribution in [0.15, 0.2) is 36.9 Å². The van der Waals surface area contributed by atoms with Gasteiger partial charge in [-0.3, -0.25) is 14.3 Å². The topological polar surface area (TPSA) is 80.1 Å². The number of carbonyl (C=O) groups excluding carboxylic acids is 2. The van der Waals surface area contributed by atoms with Crippen LogP contribution in [0.3, 0.4) is 0 Å². The number of rotatable bonds is 7. The van der Waals surface area contributed by atoms with Gasteiger partial charge < -0.3 is 10.2 Å². The maximum Gasteiger partial charge on any atom is 0.405 e. The minimum absolute atomic E-state index is 0.0903. The van der Waals surface area contributed by atoms with Crippen molar-refractivity contribution in [2.75, 3.05) is 13.6 Å². The molecule has 140 valence electrons. The van der Waals surface area contributed by atoms with Crippen molar-refractivity contribution in [2.45, 2.75) is 25.7 Å². The molecule has 0 aliphatic rings. The third kappa shape index (κ3) is 6.19. The number of alkyl halides is 3. The second-order valence-electron chi connectivity index (χ2n) is 5.65. The molecule has 0 bridgehead atoms. The molecule has 0 radical (unpaired) electrons. The van der Waals surface area contributed by atoms with Crippen LogP contribution in [0, 0.1) is 0 Å². The predicted molar refractivity (Wildman–Crippen MR) is 85.9 cm³/mol. The molecule has 7 nitrogen and oxygen atoms in total. The number of nitrogens with zero attached hydrogens (tertiary/aromatic N) is 4. The average Bonchev–Trinajstić information content (AvgIpc) is 3.11. The SMILES string of the molecule is CN(Cc1ccc(C(=O)NCC(F)(F)F)cc1)C(=O)CCn1cncn1. The molecule has 2 amide bonds. The maximum atomic E-state index is 12.1. The highest BCUT2D eigenvalue weighted by molar-refractivity contribution is 5.94. The largest absolute Gasteiger partial charge is 0.405 e. The Morgan fingerprint density at radius 2 is 1.92 bits per heavy atom. The summed E-state index contributed by atoms with van der Waals surface area (Å²) in [7, 11) is 1.65. The predicted octanol–water partition coefficient (Wildman–Crippen LogP) is 1.62. The summed E-state index contributed by atoms with van der Waals surface area (Å²) in [5.41, 5.74) is 0.882. The summed E-state index contributed by atoms with van der Waals surface area (Å²) >= 11 is 0. The molecule has 0 saturated carbocycles. The minimum Gasteiger partial charge on any atom is -0.343 e. The van der Waals surface area contributed by atoms with Crippen LogP contribution in [0.2, 0.25) is 0 Å². The zero-order valence-electron chi connectivity index (χ0n) is 14.0. The Bertz CT molecular complexity index is 729. The second kappa shape index (κ2) is 8.45. The van der Waals surface area contributed by atoms with Crippen LogP contribution in [0.5, 0.6) is 0 Å². The van der Waals surface area contributed by atoms with Gasteiger partial charge in [0.25, 0.3) is 5.91 Å². The van der Waals surface area contributed by atoms with Crippen LogP contribution in [-0.2, 0) is 17.9 Å². The summed E-state index contributed by atoms with van der Waals surface area (Å²) < 4.78 is 37.9. The number of amides is 2. The van der Waals surface area contributed by atoms with E-state index in [1.807, 2.05) is 0 Å². The van der Waals surface area contributed by atoms with E-state index in [0.717, 1.165) is 5.56 Å². The molecular weight excluding hydrogens is 351 g/mol. The summed E-state index contributed by atoms with van der Waals surface area (Å²) in [6.45, 7) is -0.640. The van der Waals surface area contributed by atoms with Crippen LogP contribution >= 0.6 is 0 Å². The van der Waals surface area contributed by atoms with Crippen molar-refractivity contribution in [3.8, 4) is 0 Å². The van der Waals surface area contributed by atoms with E-state index in [0.29, 0.717) is 13.1 Å². The molecule has 0 aliphatic carbocycles. The van der Waals surface area contributed by atoms with Crippen LogP contribution in [0.1, 0.15) is 22.3 Å². The molecule has 1 aromatic carbocycles. The lowest BCUT2D eigenvalue weighted by Gasteiger charge is -2.17. The smallest absolute Gasteiger partial charge is 0.343 e. The first-order chi connectivity index (χ1) is 12.2. The highest BCUT2D eigenvalue weighted by atomic mass is 19.4. The minimum atomic E-state index is -4.45. The van der Waals surface area contributed by atoms with E-state index in [9.17, 15) is 22.8 Å². The van der Waals surface area contributed by atoms with E-state index in [1.54, 1.807) is 29.2 Å². The van der Waals surface area contributed by atoms with Crippen LogP contribution in [-0.4, -0.2) is 51.2 Å². The number of nitrogens with one attached hydrogen (secondary N) is 1. The van der Waals surface area contributed by atoms with Gasteiger partial charge in [-0.2, -0.15) is 18.3 Å². The van der Waals surface area contributed by atoms with Gasteiger partial charge in [0, 0.05) is 25.6 Å². The lowest BCUT2D eigenvalue weighted by atomic mass is 10.1. The monoisotopic (exact) mass is 369 g/mol. The van der Waals surface area contributed by atoms with Gasteiger partial charge >= 0.3 is 6.18 Å². The third-order valence-corrected chi connectivity index (χ3v) is 3.53. The normalized spacial score (nSPS) is 11.2.